The molecule has 1 fully saturated rings. The van der Waals surface area contributed by atoms with E-state index in [4.69, 9.17) is 4.74 Å². The van der Waals surface area contributed by atoms with Crippen molar-refractivity contribution in [3.63, 3.8) is 0 Å². The van der Waals surface area contributed by atoms with Crippen LogP contribution < -0.4 is 5.32 Å². The molecule has 2 N–H and O–H groups in total. The van der Waals surface area contributed by atoms with Gasteiger partial charge in [-0.2, -0.15) is 0 Å². The third kappa shape index (κ3) is 4.28. The van der Waals surface area contributed by atoms with E-state index < -0.39 is 0 Å². The van der Waals surface area contributed by atoms with Gasteiger partial charge in [-0.1, -0.05) is 30.3 Å². The number of aliphatic hydroxyl groups is 1. The van der Waals surface area contributed by atoms with Crippen molar-refractivity contribution >= 4 is 0 Å². The van der Waals surface area contributed by atoms with Crippen LogP contribution in [0.4, 0.5) is 0 Å². The third-order valence-electron chi connectivity index (χ3n) is 3.89. The monoisotopic (exact) mass is 278 g/mol. The molecular formula is C16H26N2O2. The summed E-state index contributed by atoms with van der Waals surface area (Å²) in [4.78, 5) is 2.39. The van der Waals surface area contributed by atoms with E-state index in [1.807, 2.05) is 13.1 Å². The van der Waals surface area contributed by atoms with E-state index in [2.05, 4.69) is 41.4 Å². The van der Waals surface area contributed by atoms with Gasteiger partial charge in [-0.15, -0.1) is 0 Å². The van der Waals surface area contributed by atoms with Crippen LogP contribution in [0.2, 0.25) is 0 Å². The predicted octanol–water partition coefficient (Wildman–Crippen LogP) is 1.42. The summed E-state index contributed by atoms with van der Waals surface area (Å²) in [5.74, 6) is 0. The highest BCUT2D eigenvalue weighted by Crippen LogP contribution is 2.18. The number of hydrogen-bond acceptors (Lipinski definition) is 4. The van der Waals surface area contributed by atoms with Crippen LogP contribution in [0.25, 0.3) is 0 Å². The molecule has 1 heterocycles. The maximum atomic E-state index is 9.26. The Labute approximate surface area is 121 Å². The average molecular weight is 278 g/mol. The minimum atomic E-state index is -0.0384. The van der Waals surface area contributed by atoms with Gasteiger partial charge in [0.2, 0.25) is 0 Å². The van der Waals surface area contributed by atoms with E-state index in [1.54, 1.807) is 0 Å². The summed E-state index contributed by atoms with van der Waals surface area (Å²) in [5.41, 5.74) is 1.33. The van der Waals surface area contributed by atoms with Crippen LogP contribution in [0.15, 0.2) is 30.3 Å². The fourth-order valence-corrected chi connectivity index (χ4v) is 2.90. The van der Waals surface area contributed by atoms with E-state index in [0.717, 1.165) is 26.1 Å². The first kappa shape index (κ1) is 15.4. The molecule has 4 heteroatoms. The minimum absolute atomic E-state index is 0.0384. The Morgan fingerprint density at radius 2 is 2.10 bits per heavy atom. The van der Waals surface area contributed by atoms with Gasteiger partial charge in [0.1, 0.15) is 0 Å². The van der Waals surface area contributed by atoms with E-state index >= 15 is 0 Å². The standard InChI is InChI=1S/C16H26N2O2/c1-13-10-18(11-15(12-19)20-13)9-8-16(17-2)14-6-4-3-5-7-14/h3-7,13,15-17,19H,8-12H2,1-2H3. The molecule has 0 aliphatic carbocycles. The first-order valence-corrected chi connectivity index (χ1v) is 7.43. The molecule has 4 nitrogen and oxygen atoms in total. The second kappa shape index (κ2) is 7.74. The van der Waals surface area contributed by atoms with Crippen LogP contribution in [0.5, 0.6) is 0 Å². The Kier molecular flexibility index (Phi) is 5.98. The fourth-order valence-electron chi connectivity index (χ4n) is 2.90. The van der Waals surface area contributed by atoms with Gasteiger partial charge in [-0.25, -0.2) is 0 Å². The fraction of sp³-hybridized carbons (Fsp3) is 0.625. The van der Waals surface area contributed by atoms with Crippen molar-refractivity contribution in [2.75, 3.05) is 33.3 Å². The van der Waals surface area contributed by atoms with Crippen molar-refractivity contribution in [2.24, 2.45) is 0 Å². The van der Waals surface area contributed by atoms with Gasteiger partial charge < -0.3 is 15.2 Å². The summed E-state index contributed by atoms with van der Waals surface area (Å²) in [5, 5.41) is 12.7. The molecule has 0 saturated carbocycles. The highest BCUT2D eigenvalue weighted by atomic mass is 16.5. The normalized spacial score (nSPS) is 25.6. The van der Waals surface area contributed by atoms with Crippen molar-refractivity contribution < 1.29 is 9.84 Å². The molecule has 1 aromatic carbocycles. The van der Waals surface area contributed by atoms with Crippen molar-refractivity contribution in [1.82, 2.24) is 10.2 Å². The average Bonchev–Trinajstić information content (AvgIpc) is 2.48. The number of aliphatic hydroxyl groups excluding tert-OH is 1. The third-order valence-corrected chi connectivity index (χ3v) is 3.89. The van der Waals surface area contributed by atoms with Gasteiger partial charge in [0.05, 0.1) is 18.8 Å². The molecule has 3 unspecified atom stereocenters. The lowest BCUT2D eigenvalue weighted by Gasteiger charge is -2.36. The van der Waals surface area contributed by atoms with Crippen molar-refractivity contribution in [3.8, 4) is 0 Å². The molecule has 3 atom stereocenters. The molecule has 1 aromatic rings. The summed E-state index contributed by atoms with van der Waals surface area (Å²) in [7, 11) is 2.01. The van der Waals surface area contributed by atoms with E-state index in [1.165, 1.54) is 5.56 Å². The molecule has 0 amide bonds. The molecule has 0 spiro atoms. The maximum absolute atomic E-state index is 9.26. The molecular weight excluding hydrogens is 252 g/mol. The van der Waals surface area contributed by atoms with Gasteiger partial charge in [0.25, 0.3) is 0 Å². The Hall–Kier alpha value is -0.940. The molecule has 1 aliphatic heterocycles. The quantitative estimate of drug-likeness (QED) is 0.826. The number of morpholine rings is 1. The number of ether oxygens (including phenoxy) is 1. The molecule has 1 saturated heterocycles. The van der Waals surface area contributed by atoms with E-state index in [-0.39, 0.29) is 18.8 Å². The van der Waals surface area contributed by atoms with Crippen molar-refractivity contribution in [3.05, 3.63) is 35.9 Å². The van der Waals surface area contributed by atoms with E-state index in [9.17, 15) is 5.11 Å². The minimum Gasteiger partial charge on any atom is -0.394 e. The molecule has 0 radical (unpaired) electrons. The summed E-state index contributed by atoms with van der Waals surface area (Å²) in [6.07, 6.45) is 1.22. The zero-order valence-electron chi connectivity index (χ0n) is 12.5. The lowest BCUT2D eigenvalue weighted by atomic mass is 10.0. The summed E-state index contributed by atoms with van der Waals surface area (Å²) in [6.45, 7) is 4.97. The number of nitrogens with zero attached hydrogens (tertiary/aromatic N) is 1. The summed E-state index contributed by atoms with van der Waals surface area (Å²) >= 11 is 0. The van der Waals surface area contributed by atoms with Crippen LogP contribution >= 0.6 is 0 Å². The number of hydrogen-bond donors (Lipinski definition) is 2. The lowest BCUT2D eigenvalue weighted by Crippen LogP contribution is -2.48. The zero-order valence-corrected chi connectivity index (χ0v) is 12.5. The highest BCUT2D eigenvalue weighted by Gasteiger charge is 2.24. The second-order valence-electron chi connectivity index (χ2n) is 5.55. The summed E-state index contributed by atoms with van der Waals surface area (Å²) < 4.78 is 5.68. The van der Waals surface area contributed by atoms with Gasteiger partial charge in [-0.05, 0) is 26.0 Å². The number of benzene rings is 1. The topological polar surface area (TPSA) is 44.7 Å². The number of rotatable bonds is 6. The Morgan fingerprint density at radius 1 is 1.35 bits per heavy atom. The molecule has 1 aliphatic rings. The van der Waals surface area contributed by atoms with Gasteiger partial charge in [0.15, 0.2) is 0 Å². The van der Waals surface area contributed by atoms with E-state index in [0.29, 0.717) is 6.04 Å². The van der Waals surface area contributed by atoms with Crippen LogP contribution in [0.3, 0.4) is 0 Å². The first-order chi connectivity index (χ1) is 9.72. The largest absolute Gasteiger partial charge is 0.394 e. The predicted molar refractivity (Wildman–Crippen MR) is 80.7 cm³/mol. The van der Waals surface area contributed by atoms with Crippen molar-refractivity contribution in [2.45, 2.75) is 31.6 Å². The maximum Gasteiger partial charge on any atom is 0.0936 e. The molecule has 2 rings (SSSR count). The van der Waals surface area contributed by atoms with Gasteiger partial charge in [0, 0.05) is 25.7 Å². The zero-order chi connectivity index (χ0) is 14.4. The highest BCUT2D eigenvalue weighted by molar-refractivity contribution is 5.18. The molecule has 0 aromatic heterocycles. The van der Waals surface area contributed by atoms with Crippen LogP contribution in [-0.2, 0) is 4.74 Å². The smallest absolute Gasteiger partial charge is 0.0936 e. The van der Waals surface area contributed by atoms with Crippen LogP contribution in [-0.4, -0.2) is 55.5 Å². The SMILES string of the molecule is CNC(CCN1CC(C)OC(CO)C1)c1ccccc1. The Morgan fingerprint density at radius 3 is 2.75 bits per heavy atom. The van der Waals surface area contributed by atoms with Gasteiger partial charge in [-0.3, -0.25) is 4.90 Å². The van der Waals surface area contributed by atoms with Crippen LogP contribution in [0, 0.1) is 0 Å². The molecule has 0 bridgehead atoms. The first-order valence-electron chi connectivity index (χ1n) is 7.43. The Bertz CT molecular complexity index is 385. The Balaban J connectivity index is 1.87. The lowest BCUT2D eigenvalue weighted by molar-refractivity contribution is -0.0955. The molecule has 20 heavy (non-hydrogen) atoms. The van der Waals surface area contributed by atoms with Crippen LogP contribution in [0.1, 0.15) is 24.9 Å². The summed E-state index contributed by atoms with van der Waals surface area (Å²) in [6, 6.07) is 10.9. The number of nitrogens with one attached hydrogen (secondary N) is 1. The molecule has 112 valence electrons. The second-order valence-corrected chi connectivity index (χ2v) is 5.55. The van der Waals surface area contributed by atoms with Gasteiger partial charge >= 0.3 is 0 Å². The van der Waals surface area contributed by atoms with Crippen molar-refractivity contribution in [1.29, 1.82) is 0 Å².